The molecule has 0 bridgehead atoms. The van der Waals surface area contributed by atoms with Gasteiger partial charge in [0, 0.05) is 37.4 Å². The summed E-state index contributed by atoms with van der Waals surface area (Å²) in [7, 11) is 0. The minimum atomic E-state index is 0.291. The molecule has 0 unspecified atom stereocenters. The number of amides is 1. The Hall–Kier alpha value is -1.51. The van der Waals surface area contributed by atoms with Gasteiger partial charge in [0.25, 0.3) is 0 Å². The van der Waals surface area contributed by atoms with E-state index in [9.17, 15) is 4.79 Å². The van der Waals surface area contributed by atoms with E-state index >= 15 is 0 Å². The average Bonchev–Trinajstić information content (AvgIpc) is 3.12. The largest absolute Gasteiger partial charge is 0.372 e. The molecule has 3 rings (SSSR count). The van der Waals surface area contributed by atoms with Crippen LogP contribution in [0.2, 0.25) is 0 Å². The molecule has 1 aromatic carbocycles. The standard InChI is InChI=1S/C17H24N2O/c1-2-3-6-17(20)19-12-9-14-13-15(7-8-16(14)19)18-10-4-5-11-18/h7-8,13H,2-6,9-12H2,1H3. The van der Waals surface area contributed by atoms with Gasteiger partial charge < -0.3 is 9.80 Å². The van der Waals surface area contributed by atoms with E-state index in [1.54, 1.807) is 0 Å². The minimum Gasteiger partial charge on any atom is -0.372 e. The zero-order valence-corrected chi connectivity index (χ0v) is 12.4. The number of hydrogen-bond donors (Lipinski definition) is 0. The lowest BCUT2D eigenvalue weighted by Gasteiger charge is -2.20. The van der Waals surface area contributed by atoms with Crippen LogP contribution in [0.1, 0.15) is 44.6 Å². The number of benzene rings is 1. The van der Waals surface area contributed by atoms with Gasteiger partial charge in [-0.15, -0.1) is 0 Å². The van der Waals surface area contributed by atoms with Gasteiger partial charge >= 0.3 is 0 Å². The number of carbonyl (C=O) groups is 1. The summed E-state index contributed by atoms with van der Waals surface area (Å²) in [6.45, 7) is 5.35. The van der Waals surface area contributed by atoms with E-state index in [0.29, 0.717) is 12.3 Å². The molecule has 1 aromatic rings. The van der Waals surface area contributed by atoms with Gasteiger partial charge in [0.15, 0.2) is 0 Å². The van der Waals surface area contributed by atoms with Gasteiger partial charge in [0.2, 0.25) is 5.91 Å². The van der Waals surface area contributed by atoms with Gasteiger partial charge in [-0.1, -0.05) is 13.3 Å². The van der Waals surface area contributed by atoms with Crippen LogP contribution < -0.4 is 9.80 Å². The molecular formula is C17H24N2O. The highest BCUT2D eigenvalue weighted by molar-refractivity contribution is 5.95. The first kappa shape index (κ1) is 13.5. The molecule has 0 N–H and O–H groups in total. The first-order valence-electron chi connectivity index (χ1n) is 7.98. The number of unbranched alkanes of at least 4 members (excludes halogenated alkanes) is 1. The molecular weight excluding hydrogens is 248 g/mol. The molecule has 2 aliphatic heterocycles. The molecule has 0 atom stereocenters. The van der Waals surface area contributed by atoms with Crippen molar-refractivity contribution in [3.8, 4) is 0 Å². The fraction of sp³-hybridized carbons (Fsp3) is 0.588. The lowest BCUT2D eigenvalue weighted by molar-refractivity contribution is -0.118. The SMILES string of the molecule is CCCCC(=O)N1CCc2cc(N3CCCC3)ccc21. The summed E-state index contributed by atoms with van der Waals surface area (Å²) in [6.07, 6.45) is 6.38. The Labute approximate surface area is 121 Å². The van der Waals surface area contributed by atoms with Crippen LogP contribution in [0, 0.1) is 0 Å². The van der Waals surface area contributed by atoms with Crippen molar-refractivity contribution in [2.45, 2.75) is 45.4 Å². The first-order valence-corrected chi connectivity index (χ1v) is 7.98. The van der Waals surface area contributed by atoms with Crippen LogP contribution in [0.15, 0.2) is 18.2 Å². The van der Waals surface area contributed by atoms with Crippen LogP contribution in [-0.2, 0) is 11.2 Å². The summed E-state index contributed by atoms with van der Waals surface area (Å²) in [5, 5.41) is 0. The lowest BCUT2D eigenvalue weighted by atomic mass is 10.1. The molecule has 1 saturated heterocycles. The highest BCUT2D eigenvalue weighted by Crippen LogP contribution is 2.33. The average molecular weight is 272 g/mol. The number of rotatable bonds is 4. The monoisotopic (exact) mass is 272 g/mol. The second kappa shape index (κ2) is 5.86. The number of nitrogens with zero attached hydrogens (tertiary/aromatic N) is 2. The van der Waals surface area contributed by atoms with E-state index < -0.39 is 0 Å². The van der Waals surface area contributed by atoms with Crippen LogP contribution >= 0.6 is 0 Å². The predicted molar refractivity (Wildman–Crippen MR) is 83.5 cm³/mol. The van der Waals surface area contributed by atoms with Crippen LogP contribution in [0.3, 0.4) is 0 Å². The van der Waals surface area contributed by atoms with Gasteiger partial charge in [-0.2, -0.15) is 0 Å². The first-order chi connectivity index (χ1) is 9.79. The third kappa shape index (κ3) is 2.54. The molecule has 1 fully saturated rings. The number of fused-ring (bicyclic) bond motifs is 1. The van der Waals surface area contributed by atoms with E-state index in [-0.39, 0.29) is 0 Å². The van der Waals surface area contributed by atoms with Gasteiger partial charge in [-0.25, -0.2) is 0 Å². The van der Waals surface area contributed by atoms with Gasteiger partial charge in [-0.3, -0.25) is 4.79 Å². The third-order valence-corrected chi connectivity index (χ3v) is 4.48. The molecule has 0 radical (unpaired) electrons. The fourth-order valence-electron chi connectivity index (χ4n) is 3.28. The second-order valence-corrected chi connectivity index (χ2v) is 5.91. The summed E-state index contributed by atoms with van der Waals surface area (Å²) in [6, 6.07) is 6.64. The van der Waals surface area contributed by atoms with Crippen molar-refractivity contribution in [2.75, 3.05) is 29.4 Å². The summed E-state index contributed by atoms with van der Waals surface area (Å²) in [4.78, 5) is 16.7. The topological polar surface area (TPSA) is 23.6 Å². The maximum absolute atomic E-state index is 12.2. The molecule has 108 valence electrons. The molecule has 0 aromatic heterocycles. The van der Waals surface area contributed by atoms with Gasteiger partial charge in [-0.05, 0) is 49.4 Å². The molecule has 1 amide bonds. The zero-order chi connectivity index (χ0) is 13.9. The van der Waals surface area contributed by atoms with E-state index in [1.165, 1.54) is 37.2 Å². The molecule has 2 heterocycles. The predicted octanol–water partition coefficient (Wildman–Crippen LogP) is 3.37. The van der Waals surface area contributed by atoms with Crippen molar-refractivity contribution in [2.24, 2.45) is 0 Å². The van der Waals surface area contributed by atoms with E-state index in [0.717, 1.165) is 31.5 Å². The number of hydrogen-bond acceptors (Lipinski definition) is 2. The normalized spacial score (nSPS) is 17.6. The fourth-order valence-corrected chi connectivity index (χ4v) is 3.28. The lowest BCUT2D eigenvalue weighted by Crippen LogP contribution is -2.28. The highest BCUT2D eigenvalue weighted by atomic mass is 16.2. The Kier molecular flexibility index (Phi) is 3.95. The smallest absolute Gasteiger partial charge is 0.226 e. The van der Waals surface area contributed by atoms with Gasteiger partial charge in [0.05, 0.1) is 0 Å². The van der Waals surface area contributed by atoms with Crippen molar-refractivity contribution in [1.82, 2.24) is 0 Å². The van der Waals surface area contributed by atoms with E-state index in [2.05, 4.69) is 30.0 Å². The Morgan fingerprint density at radius 2 is 2.00 bits per heavy atom. The van der Waals surface area contributed by atoms with Crippen molar-refractivity contribution in [1.29, 1.82) is 0 Å². The van der Waals surface area contributed by atoms with Crippen molar-refractivity contribution in [3.63, 3.8) is 0 Å². The minimum absolute atomic E-state index is 0.291. The molecule has 20 heavy (non-hydrogen) atoms. The van der Waals surface area contributed by atoms with Crippen molar-refractivity contribution < 1.29 is 4.79 Å². The van der Waals surface area contributed by atoms with Gasteiger partial charge in [0.1, 0.15) is 0 Å². The Balaban J connectivity index is 1.75. The molecule has 0 aliphatic carbocycles. The molecule has 2 aliphatic rings. The van der Waals surface area contributed by atoms with E-state index in [1.807, 2.05) is 4.90 Å². The Morgan fingerprint density at radius 1 is 1.20 bits per heavy atom. The molecule has 3 heteroatoms. The zero-order valence-electron chi connectivity index (χ0n) is 12.4. The Bertz CT molecular complexity index is 492. The maximum atomic E-state index is 12.2. The van der Waals surface area contributed by atoms with E-state index in [4.69, 9.17) is 0 Å². The van der Waals surface area contributed by atoms with Crippen LogP contribution in [0.4, 0.5) is 11.4 Å². The summed E-state index contributed by atoms with van der Waals surface area (Å²) < 4.78 is 0. The quantitative estimate of drug-likeness (QED) is 0.839. The van der Waals surface area contributed by atoms with Crippen LogP contribution in [-0.4, -0.2) is 25.5 Å². The third-order valence-electron chi connectivity index (χ3n) is 4.48. The number of carbonyl (C=O) groups excluding carboxylic acids is 1. The summed E-state index contributed by atoms with van der Waals surface area (Å²) in [5.74, 6) is 0.291. The van der Waals surface area contributed by atoms with Crippen LogP contribution in [0.25, 0.3) is 0 Å². The highest BCUT2D eigenvalue weighted by Gasteiger charge is 2.25. The maximum Gasteiger partial charge on any atom is 0.226 e. The second-order valence-electron chi connectivity index (χ2n) is 5.91. The summed E-state index contributed by atoms with van der Waals surface area (Å²) in [5.41, 5.74) is 3.83. The number of anilines is 2. The Morgan fingerprint density at radius 3 is 2.75 bits per heavy atom. The van der Waals surface area contributed by atoms with Crippen LogP contribution in [0.5, 0.6) is 0 Å². The van der Waals surface area contributed by atoms with Crippen molar-refractivity contribution in [3.05, 3.63) is 23.8 Å². The molecule has 0 spiro atoms. The molecule has 0 saturated carbocycles. The molecule has 3 nitrogen and oxygen atoms in total. The summed E-state index contributed by atoms with van der Waals surface area (Å²) >= 11 is 0. The van der Waals surface area contributed by atoms with Crippen molar-refractivity contribution >= 4 is 17.3 Å².